The Kier molecular flexibility index (Phi) is 3.37. The average Bonchev–Trinajstić information content (AvgIpc) is 2.30. The van der Waals surface area contributed by atoms with Crippen molar-refractivity contribution in [2.45, 2.75) is 6.42 Å². The van der Waals surface area contributed by atoms with Crippen molar-refractivity contribution in [3.63, 3.8) is 0 Å². The summed E-state index contributed by atoms with van der Waals surface area (Å²) in [6.45, 7) is 0. The maximum Gasteiger partial charge on any atom is 0.120 e. The van der Waals surface area contributed by atoms with E-state index in [1.807, 2.05) is 18.2 Å². The lowest BCUT2D eigenvalue weighted by Gasteiger charge is -1.97. The van der Waals surface area contributed by atoms with Crippen LogP contribution in [0.25, 0.3) is 10.8 Å². The maximum absolute atomic E-state index is 4.29. The van der Waals surface area contributed by atoms with Crippen LogP contribution in [0.3, 0.4) is 0 Å². The summed E-state index contributed by atoms with van der Waals surface area (Å²) in [6, 6.07) is 10.2. The molecule has 0 N–H and O–H groups in total. The van der Waals surface area contributed by atoms with Crippen LogP contribution in [0, 0.1) is 11.8 Å². The third-order valence-corrected chi connectivity index (χ3v) is 2.50. The quantitative estimate of drug-likeness (QED) is 0.566. The second-order valence-electron chi connectivity index (χ2n) is 3.12. The normalized spacial score (nSPS) is 9.67. The van der Waals surface area contributed by atoms with Gasteiger partial charge in [0.05, 0.1) is 0 Å². The molecule has 2 rings (SSSR count). The topological polar surface area (TPSA) is 12.9 Å². The summed E-state index contributed by atoms with van der Waals surface area (Å²) in [5.41, 5.74) is 0.869. The minimum atomic E-state index is 0.852. The van der Waals surface area contributed by atoms with E-state index in [9.17, 15) is 0 Å². The third-order valence-electron chi connectivity index (χ3n) is 2.10. The number of halogens is 1. The fourth-order valence-electron chi connectivity index (χ4n) is 1.41. The zero-order chi connectivity index (χ0) is 10.5. The Morgan fingerprint density at radius 2 is 2.07 bits per heavy atom. The van der Waals surface area contributed by atoms with Gasteiger partial charge in [0.15, 0.2) is 0 Å². The molecule has 0 aliphatic heterocycles. The van der Waals surface area contributed by atoms with E-state index in [1.165, 1.54) is 5.39 Å². The molecule has 15 heavy (non-hydrogen) atoms. The SMILES string of the molecule is BrCCC#Cc1nccc2ccccc12. The lowest BCUT2D eigenvalue weighted by molar-refractivity contribution is 1.29. The van der Waals surface area contributed by atoms with E-state index in [2.05, 4.69) is 44.9 Å². The highest BCUT2D eigenvalue weighted by Crippen LogP contribution is 2.15. The minimum Gasteiger partial charge on any atom is -0.247 e. The highest BCUT2D eigenvalue weighted by molar-refractivity contribution is 9.09. The van der Waals surface area contributed by atoms with E-state index < -0.39 is 0 Å². The monoisotopic (exact) mass is 259 g/mol. The van der Waals surface area contributed by atoms with Gasteiger partial charge in [-0.2, -0.15) is 0 Å². The lowest BCUT2D eigenvalue weighted by atomic mass is 10.1. The Labute approximate surface area is 97.7 Å². The van der Waals surface area contributed by atoms with Crippen molar-refractivity contribution in [2.24, 2.45) is 0 Å². The molecule has 0 bridgehead atoms. The minimum absolute atomic E-state index is 0.852. The van der Waals surface area contributed by atoms with Gasteiger partial charge < -0.3 is 0 Å². The fraction of sp³-hybridized carbons (Fsp3) is 0.154. The van der Waals surface area contributed by atoms with Gasteiger partial charge in [0.2, 0.25) is 0 Å². The van der Waals surface area contributed by atoms with Crippen LogP contribution in [-0.4, -0.2) is 10.3 Å². The molecule has 1 aromatic carbocycles. The van der Waals surface area contributed by atoms with E-state index in [-0.39, 0.29) is 0 Å². The van der Waals surface area contributed by atoms with Crippen molar-refractivity contribution in [3.05, 3.63) is 42.2 Å². The largest absolute Gasteiger partial charge is 0.247 e. The number of hydrogen-bond donors (Lipinski definition) is 0. The molecule has 74 valence electrons. The number of rotatable bonds is 1. The molecule has 2 aromatic rings. The highest BCUT2D eigenvalue weighted by atomic mass is 79.9. The maximum atomic E-state index is 4.29. The van der Waals surface area contributed by atoms with Gasteiger partial charge in [0, 0.05) is 23.3 Å². The van der Waals surface area contributed by atoms with Crippen LogP contribution < -0.4 is 0 Å². The van der Waals surface area contributed by atoms with Crippen molar-refractivity contribution in [1.82, 2.24) is 4.98 Å². The van der Waals surface area contributed by atoms with Gasteiger partial charge >= 0.3 is 0 Å². The molecule has 0 saturated carbocycles. The first kappa shape index (κ1) is 10.2. The molecule has 1 aromatic heterocycles. The zero-order valence-corrected chi connectivity index (χ0v) is 9.79. The third kappa shape index (κ3) is 2.37. The molecule has 0 aliphatic carbocycles. The van der Waals surface area contributed by atoms with E-state index >= 15 is 0 Å². The van der Waals surface area contributed by atoms with E-state index in [0.29, 0.717) is 0 Å². The predicted octanol–water partition coefficient (Wildman–Crippen LogP) is 3.37. The molecule has 1 heterocycles. The smallest absolute Gasteiger partial charge is 0.120 e. The van der Waals surface area contributed by atoms with Crippen molar-refractivity contribution >= 4 is 26.7 Å². The highest BCUT2D eigenvalue weighted by Gasteiger charge is 1.96. The van der Waals surface area contributed by atoms with Crippen LogP contribution in [0.4, 0.5) is 0 Å². The standard InChI is InChI=1S/C13H10BrN/c14-9-4-3-7-13-12-6-2-1-5-11(12)8-10-15-13/h1-2,5-6,8,10H,4,9H2. The van der Waals surface area contributed by atoms with E-state index in [4.69, 9.17) is 0 Å². The first-order valence-electron chi connectivity index (χ1n) is 4.80. The van der Waals surface area contributed by atoms with Crippen LogP contribution in [0.2, 0.25) is 0 Å². The first-order chi connectivity index (χ1) is 7.42. The molecule has 0 spiro atoms. The summed E-state index contributed by atoms with van der Waals surface area (Å²) in [7, 11) is 0. The van der Waals surface area contributed by atoms with Gasteiger partial charge in [0.25, 0.3) is 0 Å². The van der Waals surface area contributed by atoms with Gasteiger partial charge in [-0.25, -0.2) is 4.98 Å². The summed E-state index contributed by atoms with van der Waals surface area (Å²) in [5, 5.41) is 3.22. The van der Waals surface area contributed by atoms with E-state index in [0.717, 1.165) is 22.8 Å². The summed E-state index contributed by atoms with van der Waals surface area (Å²) < 4.78 is 0. The second-order valence-corrected chi connectivity index (χ2v) is 3.91. The van der Waals surface area contributed by atoms with Gasteiger partial charge in [-0.15, -0.1) is 0 Å². The predicted molar refractivity (Wildman–Crippen MR) is 67.0 cm³/mol. The summed E-state index contributed by atoms with van der Waals surface area (Å²) >= 11 is 3.35. The number of aromatic nitrogens is 1. The molecular formula is C13H10BrN. The van der Waals surface area contributed by atoms with Crippen LogP contribution >= 0.6 is 15.9 Å². The van der Waals surface area contributed by atoms with Crippen LogP contribution in [0.15, 0.2) is 36.5 Å². The van der Waals surface area contributed by atoms with Gasteiger partial charge in [-0.3, -0.25) is 0 Å². The fourth-order valence-corrected chi connectivity index (χ4v) is 1.61. The molecule has 0 unspecified atom stereocenters. The summed E-state index contributed by atoms with van der Waals surface area (Å²) in [4.78, 5) is 4.29. The Morgan fingerprint density at radius 1 is 1.20 bits per heavy atom. The summed E-state index contributed by atoms with van der Waals surface area (Å²) in [5.74, 6) is 6.18. The molecule has 0 fully saturated rings. The zero-order valence-electron chi connectivity index (χ0n) is 8.20. The van der Waals surface area contributed by atoms with Crippen LogP contribution in [0.1, 0.15) is 12.1 Å². The first-order valence-corrected chi connectivity index (χ1v) is 5.92. The molecular weight excluding hydrogens is 250 g/mol. The number of fused-ring (bicyclic) bond motifs is 1. The van der Waals surface area contributed by atoms with Crippen LogP contribution in [0.5, 0.6) is 0 Å². The van der Waals surface area contributed by atoms with Gasteiger partial charge in [-0.05, 0) is 17.4 Å². The Balaban J connectivity index is 2.48. The second kappa shape index (κ2) is 4.95. The van der Waals surface area contributed by atoms with E-state index in [1.54, 1.807) is 6.20 Å². The molecule has 0 amide bonds. The number of alkyl halides is 1. The van der Waals surface area contributed by atoms with Crippen LogP contribution in [-0.2, 0) is 0 Å². The summed E-state index contributed by atoms with van der Waals surface area (Å²) in [6.07, 6.45) is 2.66. The van der Waals surface area contributed by atoms with Gasteiger partial charge in [-0.1, -0.05) is 46.1 Å². The molecule has 1 nitrogen and oxygen atoms in total. The molecule has 0 radical (unpaired) electrons. The Morgan fingerprint density at radius 3 is 2.93 bits per heavy atom. The number of hydrogen-bond acceptors (Lipinski definition) is 1. The molecule has 0 saturated heterocycles. The Hall–Kier alpha value is -1.33. The lowest BCUT2D eigenvalue weighted by Crippen LogP contribution is -1.84. The van der Waals surface area contributed by atoms with Crippen molar-refractivity contribution in [1.29, 1.82) is 0 Å². The number of pyridine rings is 1. The van der Waals surface area contributed by atoms with Crippen molar-refractivity contribution in [3.8, 4) is 11.8 Å². The molecule has 0 aliphatic rings. The van der Waals surface area contributed by atoms with Gasteiger partial charge in [0.1, 0.15) is 5.69 Å². The molecule has 2 heteroatoms. The van der Waals surface area contributed by atoms with Crippen molar-refractivity contribution < 1.29 is 0 Å². The number of nitrogens with zero attached hydrogens (tertiary/aromatic N) is 1. The molecule has 0 atom stereocenters. The average molecular weight is 260 g/mol. The number of benzene rings is 1. The van der Waals surface area contributed by atoms with Crippen molar-refractivity contribution in [2.75, 3.05) is 5.33 Å². The Bertz CT molecular complexity index is 517.